The van der Waals surface area contributed by atoms with E-state index >= 15 is 0 Å². The SMILES string of the molecule is COc1cc(/C=C/[N+](=O)[O-])ccc1OC(=O)c1cccc(F)c1. The van der Waals surface area contributed by atoms with E-state index in [-0.39, 0.29) is 17.1 Å². The second-order valence-corrected chi connectivity index (χ2v) is 4.41. The highest BCUT2D eigenvalue weighted by Crippen LogP contribution is 2.29. The van der Waals surface area contributed by atoms with Gasteiger partial charge in [0.1, 0.15) is 5.82 Å². The van der Waals surface area contributed by atoms with Crippen LogP contribution >= 0.6 is 0 Å². The third kappa shape index (κ3) is 4.37. The summed E-state index contributed by atoms with van der Waals surface area (Å²) in [5.41, 5.74) is 0.563. The molecule has 0 N–H and O–H groups in total. The van der Waals surface area contributed by atoms with Crippen molar-refractivity contribution in [3.63, 3.8) is 0 Å². The molecule has 0 heterocycles. The number of halogens is 1. The molecule has 2 aromatic rings. The zero-order valence-corrected chi connectivity index (χ0v) is 12.1. The van der Waals surface area contributed by atoms with Crippen molar-refractivity contribution in [2.45, 2.75) is 0 Å². The molecule has 0 saturated heterocycles. The second-order valence-electron chi connectivity index (χ2n) is 4.41. The summed E-state index contributed by atoms with van der Waals surface area (Å²) >= 11 is 0. The van der Waals surface area contributed by atoms with Gasteiger partial charge in [0.2, 0.25) is 6.20 Å². The normalized spacial score (nSPS) is 10.5. The van der Waals surface area contributed by atoms with Crippen LogP contribution in [0.2, 0.25) is 0 Å². The fourth-order valence-electron chi connectivity index (χ4n) is 1.79. The maximum atomic E-state index is 13.1. The van der Waals surface area contributed by atoms with E-state index in [2.05, 4.69) is 0 Å². The number of nitro groups is 1. The molecule has 0 spiro atoms. The smallest absolute Gasteiger partial charge is 0.343 e. The maximum absolute atomic E-state index is 13.1. The monoisotopic (exact) mass is 317 g/mol. The lowest BCUT2D eigenvalue weighted by molar-refractivity contribution is -0.400. The van der Waals surface area contributed by atoms with Crippen LogP contribution in [0.3, 0.4) is 0 Å². The minimum Gasteiger partial charge on any atom is -0.493 e. The molecular formula is C16H12FNO5. The van der Waals surface area contributed by atoms with Gasteiger partial charge in [0.05, 0.1) is 17.6 Å². The Morgan fingerprint density at radius 3 is 2.65 bits per heavy atom. The molecule has 0 fully saturated rings. The van der Waals surface area contributed by atoms with Gasteiger partial charge in [-0.3, -0.25) is 10.1 Å². The molecule has 0 aliphatic carbocycles. The first kappa shape index (κ1) is 16.2. The van der Waals surface area contributed by atoms with Gasteiger partial charge in [-0.15, -0.1) is 0 Å². The van der Waals surface area contributed by atoms with Crippen LogP contribution in [0.25, 0.3) is 6.08 Å². The van der Waals surface area contributed by atoms with Crippen molar-refractivity contribution >= 4 is 12.0 Å². The van der Waals surface area contributed by atoms with Crippen molar-refractivity contribution in [3.05, 3.63) is 75.7 Å². The maximum Gasteiger partial charge on any atom is 0.343 e. The summed E-state index contributed by atoms with van der Waals surface area (Å²) in [5, 5.41) is 10.3. The average Bonchev–Trinajstić information content (AvgIpc) is 2.53. The lowest BCUT2D eigenvalue weighted by Gasteiger charge is -2.10. The second kappa shape index (κ2) is 7.17. The number of hydrogen-bond donors (Lipinski definition) is 0. The molecule has 0 radical (unpaired) electrons. The summed E-state index contributed by atoms with van der Waals surface area (Å²) in [4.78, 5) is 21.7. The standard InChI is InChI=1S/C16H12FNO5/c1-22-15-9-11(7-8-18(20)21)5-6-14(15)23-16(19)12-3-2-4-13(17)10-12/h2-10H,1H3/b8-7+. The zero-order chi connectivity index (χ0) is 16.8. The number of nitrogens with zero attached hydrogens (tertiary/aromatic N) is 1. The summed E-state index contributed by atoms with van der Waals surface area (Å²) < 4.78 is 23.4. The quantitative estimate of drug-likeness (QED) is 0.366. The molecule has 7 heteroatoms. The summed E-state index contributed by atoms with van der Waals surface area (Å²) in [6.45, 7) is 0. The van der Waals surface area contributed by atoms with E-state index < -0.39 is 16.7 Å². The first-order chi connectivity index (χ1) is 11.0. The summed E-state index contributed by atoms with van der Waals surface area (Å²) in [7, 11) is 1.37. The number of esters is 1. The number of carbonyl (C=O) groups is 1. The third-order valence-corrected chi connectivity index (χ3v) is 2.84. The summed E-state index contributed by atoms with van der Waals surface area (Å²) in [5.74, 6) is -0.941. The molecule has 0 saturated carbocycles. The lowest BCUT2D eigenvalue weighted by Crippen LogP contribution is -2.09. The van der Waals surface area contributed by atoms with Crippen LogP contribution in [-0.4, -0.2) is 18.0 Å². The lowest BCUT2D eigenvalue weighted by atomic mass is 10.2. The van der Waals surface area contributed by atoms with E-state index in [1.165, 1.54) is 49.6 Å². The van der Waals surface area contributed by atoms with Crippen molar-refractivity contribution in [3.8, 4) is 11.5 Å². The Labute approximate surface area is 130 Å². The van der Waals surface area contributed by atoms with Gasteiger partial charge in [0.15, 0.2) is 11.5 Å². The molecular weight excluding hydrogens is 305 g/mol. The first-order valence-corrected chi connectivity index (χ1v) is 6.47. The molecule has 2 rings (SSSR count). The molecule has 2 aromatic carbocycles. The highest BCUT2D eigenvalue weighted by Gasteiger charge is 2.13. The number of benzene rings is 2. The van der Waals surface area contributed by atoms with Crippen LogP contribution in [-0.2, 0) is 0 Å². The Morgan fingerprint density at radius 1 is 1.22 bits per heavy atom. The van der Waals surface area contributed by atoms with E-state index in [1.807, 2.05) is 0 Å². The Kier molecular flexibility index (Phi) is 5.03. The van der Waals surface area contributed by atoms with Gasteiger partial charge in [-0.25, -0.2) is 9.18 Å². The molecule has 118 valence electrons. The minimum atomic E-state index is -0.739. The predicted molar refractivity (Wildman–Crippen MR) is 80.4 cm³/mol. The van der Waals surface area contributed by atoms with E-state index in [0.29, 0.717) is 5.56 Å². The zero-order valence-electron chi connectivity index (χ0n) is 12.1. The van der Waals surface area contributed by atoms with Gasteiger partial charge in [0, 0.05) is 6.08 Å². The predicted octanol–water partition coefficient (Wildman–Crippen LogP) is 3.30. The third-order valence-electron chi connectivity index (χ3n) is 2.84. The highest BCUT2D eigenvalue weighted by molar-refractivity contribution is 5.91. The number of carbonyl (C=O) groups excluding carboxylic acids is 1. The Bertz CT molecular complexity index is 773. The van der Waals surface area contributed by atoms with Crippen molar-refractivity contribution in [1.82, 2.24) is 0 Å². The Hall–Kier alpha value is -3.22. The molecule has 0 unspecified atom stereocenters. The summed E-state index contributed by atoms with van der Waals surface area (Å²) in [6, 6.07) is 9.54. The van der Waals surface area contributed by atoms with Gasteiger partial charge in [-0.05, 0) is 35.9 Å². The largest absolute Gasteiger partial charge is 0.493 e. The van der Waals surface area contributed by atoms with Crippen molar-refractivity contribution in [2.24, 2.45) is 0 Å². The van der Waals surface area contributed by atoms with E-state index in [0.717, 1.165) is 12.3 Å². The van der Waals surface area contributed by atoms with E-state index in [4.69, 9.17) is 9.47 Å². The molecule has 0 atom stereocenters. The Balaban J connectivity index is 2.22. The molecule has 0 bridgehead atoms. The van der Waals surface area contributed by atoms with Crippen LogP contribution < -0.4 is 9.47 Å². The number of ether oxygens (including phenoxy) is 2. The van der Waals surface area contributed by atoms with E-state index in [1.54, 1.807) is 0 Å². The minimum absolute atomic E-state index is 0.0596. The first-order valence-electron chi connectivity index (χ1n) is 6.47. The van der Waals surface area contributed by atoms with Crippen molar-refractivity contribution in [1.29, 1.82) is 0 Å². The molecule has 0 aliphatic heterocycles. The fraction of sp³-hybridized carbons (Fsp3) is 0.0625. The number of rotatable bonds is 5. The van der Waals surface area contributed by atoms with E-state index in [9.17, 15) is 19.3 Å². The molecule has 0 aliphatic rings. The van der Waals surface area contributed by atoms with Crippen molar-refractivity contribution < 1.29 is 23.6 Å². The van der Waals surface area contributed by atoms with Gasteiger partial charge < -0.3 is 9.47 Å². The molecule has 0 aromatic heterocycles. The highest BCUT2D eigenvalue weighted by atomic mass is 19.1. The number of methoxy groups -OCH3 is 1. The van der Waals surface area contributed by atoms with Gasteiger partial charge in [-0.1, -0.05) is 12.1 Å². The van der Waals surface area contributed by atoms with Crippen molar-refractivity contribution in [2.75, 3.05) is 7.11 Å². The van der Waals surface area contributed by atoms with Gasteiger partial charge in [-0.2, -0.15) is 0 Å². The topological polar surface area (TPSA) is 78.7 Å². The fourth-order valence-corrected chi connectivity index (χ4v) is 1.79. The van der Waals surface area contributed by atoms with Crippen LogP contribution in [0.1, 0.15) is 15.9 Å². The average molecular weight is 317 g/mol. The van der Waals surface area contributed by atoms with Crippen LogP contribution in [0.5, 0.6) is 11.5 Å². The van der Waals surface area contributed by atoms with Gasteiger partial charge >= 0.3 is 5.97 Å². The number of hydrogen-bond acceptors (Lipinski definition) is 5. The molecule has 6 nitrogen and oxygen atoms in total. The molecule has 0 amide bonds. The van der Waals surface area contributed by atoms with Crippen LogP contribution in [0, 0.1) is 15.9 Å². The molecule has 23 heavy (non-hydrogen) atoms. The van der Waals surface area contributed by atoms with Crippen LogP contribution in [0.4, 0.5) is 4.39 Å². The van der Waals surface area contributed by atoms with Gasteiger partial charge in [0.25, 0.3) is 0 Å². The Morgan fingerprint density at radius 2 is 2.00 bits per heavy atom. The van der Waals surface area contributed by atoms with Crippen LogP contribution in [0.15, 0.2) is 48.7 Å². The summed E-state index contributed by atoms with van der Waals surface area (Å²) in [6.07, 6.45) is 2.06.